The van der Waals surface area contributed by atoms with Crippen molar-refractivity contribution in [1.29, 1.82) is 0 Å². The van der Waals surface area contributed by atoms with Crippen molar-refractivity contribution in [2.24, 2.45) is 16.2 Å². The molecule has 2 fully saturated rings. The van der Waals surface area contributed by atoms with Crippen LogP contribution < -0.4 is 10.2 Å². The lowest BCUT2D eigenvalue weighted by molar-refractivity contribution is -0.0812. The van der Waals surface area contributed by atoms with Gasteiger partial charge in [0.15, 0.2) is 12.4 Å². The van der Waals surface area contributed by atoms with Crippen LogP contribution in [-0.4, -0.2) is 48.6 Å². The molecule has 3 aliphatic heterocycles. The fourth-order valence-electron chi connectivity index (χ4n) is 3.13. The molecule has 3 heterocycles. The van der Waals surface area contributed by atoms with Gasteiger partial charge in [0.1, 0.15) is 17.6 Å². The Morgan fingerprint density at radius 3 is 2.88 bits per heavy atom. The highest BCUT2D eigenvalue weighted by Gasteiger charge is 2.55. The first-order valence-electron chi connectivity index (χ1n) is 7.66. The lowest BCUT2D eigenvalue weighted by Gasteiger charge is -2.30. The summed E-state index contributed by atoms with van der Waals surface area (Å²) in [6, 6.07) is 7.70. The molecule has 3 aliphatic rings. The molecule has 0 aromatic heterocycles. The second-order valence-corrected chi connectivity index (χ2v) is 6.41. The van der Waals surface area contributed by atoms with Crippen molar-refractivity contribution in [3.05, 3.63) is 29.8 Å². The molecule has 2 bridgehead atoms. The summed E-state index contributed by atoms with van der Waals surface area (Å²) in [4.78, 5) is 6.23. The Kier molecular flexibility index (Phi) is 3.95. The van der Waals surface area contributed by atoms with Crippen LogP contribution in [0.5, 0.6) is 5.75 Å². The number of hydrogen-bond acceptors (Lipinski definition) is 7. The minimum Gasteiger partial charge on any atom is -0.497 e. The van der Waals surface area contributed by atoms with E-state index in [1.54, 1.807) is 14.0 Å². The first kappa shape index (κ1) is 15.5. The zero-order valence-electron chi connectivity index (χ0n) is 13.3. The number of rotatable bonds is 3. The van der Waals surface area contributed by atoms with Gasteiger partial charge in [-0.15, -0.1) is 0 Å². The molecule has 126 valence electrons. The van der Waals surface area contributed by atoms with Crippen molar-refractivity contribution in [2.75, 3.05) is 13.7 Å². The van der Waals surface area contributed by atoms with E-state index in [2.05, 4.69) is 15.7 Å². The first-order chi connectivity index (χ1) is 11.7. The number of fused-ring (bicyclic) bond motifs is 4. The molecule has 1 aromatic rings. The number of nitrogens with zero attached hydrogens (tertiary/aromatic N) is 2. The zero-order chi connectivity index (χ0) is 16.7. The minimum absolute atomic E-state index is 0.133. The Bertz CT molecular complexity index is 719. The van der Waals surface area contributed by atoms with E-state index >= 15 is 0 Å². The Hall–Kier alpha value is -2.03. The van der Waals surface area contributed by atoms with Gasteiger partial charge >= 0.3 is 0 Å². The van der Waals surface area contributed by atoms with Crippen molar-refractivity contribution >= 4 is 28.6 Å². The van der Waals surface area contributed by atoms with Crippen LogP contribution in [0, 0.1) is 5.92 Å². The van der Waals surface area contributed by atoms with E-state index in [1.807, 2.05) is 24.3 Å². The third-order valence-electron chi connectivity index (χ3n) is 4.26. The van der Waals surface area contributed by atoms with E-state index in [1.165, 1.54) is 0 Å². The van der Waals surface area contributed by atoms with E-state index in [0.717, 1.165) is 17.0 Å². The van der Waals surface area contributed by atoms with Gasteiger partial charge in [0.2, 0.25) is 0 Å². The number of hydrogen-bond donors (Lipinski definition) is 1. The molecule has 4 rings (SSSR count). The van der Waals surface area contributed by atoms with Gasteiger partial charge in [-0.1, -0.05) is 17.4 Å². The molecule has 0 saturated carbocycles. The summed E-state index contributed by atoms with van der Waals surface area (Å²) in [5.74, 6) is 0.656. The third-order valence-corrected chi connectivity index (χ3v) is 4.35. The van der Waals surface area contributed by atoms with Crippen LogP contribution in [0.15, 0.2) is 34.5 Å². The summed E-state index contributed by atoms with van der Waals surface area (Å²) >= 11 is 5.04. The molecule has 0 aliphatic carbocycles. The summed E-state index contributed by atoms with van der Waals surface area (Å²) in [6.45, 7) is 2.23. The van der Waals surface area contributed by atoms with Gasteiger partial charge in [0, 0.05) is 5.56 Å². The SMILES string of the molecule is COc1ccc(C2=NO[C@@H]3[C@H]4CO[C@H](O4)/C(=N/NC(C)=S)[C@H]23)cc1. The van der Waals surface area contributed by atoms with Gasteiger partial charge in [-0.3, -0.25) is 5.43 Å². The molecule has 0 unspecified atom stereocenters. The summed E-state index contributed by atoms with van der Waals surface area (Å²) < 4.78 is 16.7. The molecule has 7 nitrogen and oxygen atoms in total. The van der Waals surface area contributed by atoms with Crippen molar-refractivity contribution in [1.82, 2.24) is 5.43 Å². The molecular formula is C16H17N3O4S. The van der Waals surface area contributed by atoms with E-state index in [-0.39, 0.29) is 18.1 Å². The fourth-order valence-corrected chi connectivity index (χ4v) is 3.18. The Morgan fingerprint density at radius 2 is 2.17 bits per heavy atom. The molecule has 0 spiro atoms. The summed E-state index contributed by atoms with van der Waals surface area (Å²) in [5.41, 5.74) is 5.30. The Labute approximate surface area is 144 Å². The normalized spacial score (nSPS) is 32.1. The van der Waals surface area contributed by atoms with Crippen molar-refractivity contribution in [3.8, 4) is 5.75 Å². The average Bonchev–Trinajstić information content (AvgIpc) is 3.21. The molecular weight excluding hydrogens is 330 g/mol. The van der Waals surface area contributed by atoms with Crippen LogP contribution in [0.1, 0.15) is 12.5 Å². The van der Waals surface area contributed by atoms with Crippen LogP contribution in [0.4, 0.5) is 0 Å². The molecule has 0 amide bonds. The van der Waals surface area contributed by atoms with Crippen molar-refractivity contribution in [3.63, 3.8) is 0 Å². The number of hydrazone groups is 1. The minimum atomic E-state index is -0.497. The molecule has 1 N–H and O–H groups in total. The predicted molar refractivity (Wildman–Crippen MR) is 91.3 cm³/mol. The highest BCUT2D eigenvalue weighted by molar-refractivity contribution is 7.80. The van der Waals surface area contributed by atoms with Gasteiger partial charge in [0.25, 0.3) is 0 Å². The van der Waals surface area contributed by atoms with Crippen molar-refractivity contribution in [2.45, 2.75) is 25.4 Å². The highest BCUT2D eigenvalue weighted by atomic mass is 32.1. The lowest BCUT2D eigenvalue weighted by Crippen LogP contribution is -2.49. The fraction of sp³-hybridized carbons (Fsp3) is 0.438. The number of nitrogens with one attached hydrogen (secondary N) is 1. The molecule has 0 radical (unpaired) electrons. The van der Waals surface area contributed by atoms with Gasteiger partial charge < -0.3 is 19.0 Å². The maximum Gasteiger partial charge on any atom is 0.200 e. The van der Waals surface area contributed by atoms with Crippen LogP contribution >= 0.6 is 12.2 Å². The number of benzene rings is 1. The zero-order valence-corrected chi connectivity index (χ0v) is 14.1. The second kappa shape index (κ2) is 6.12. The Morgan fingerprint density at radius 1 is 1.38 bits per heavy atom. The van der Waals surface area contributed by atoms with Gasteiger partial charge in [-0.25, -0.2) is 0 Å². The standard InChI is InChI=1S/C16H17N3O4S/c1-8(24)17-18-14-12-13(9-3-5-10(20-2)6-4-9)19-23-15(12)11-7-21-16(14)22-11/h3-6,11-12,15-16H,7H2,1-2H3,(H,17,24)/b18-14+/t11-,12+,15-,16-/m1/s1. The molecule has 4 atom stereocenters. The quantitative estimate of drug-likeness (QED) is 0.659. The largest absolute Gasteiger partial charge is 0.497 e. The van der Waals surface area contributed by atoms with E-state index in [0.29, 0.717) is 17.3 Å². The van der Waals surface area contributed by atoms with Crippen LogP contribution in [0.3, 0.4) is 0 Å². The molecule has 1 aromatic carbocycles. The van der Waals surface area contributed by atoms with Gasteiger partial charge in [-0.05, 0) is 31.2 Å². The average molecular weight is 347 g/mol. The molecule has 8 heteroatoms. The summed E-state index contributed by atoms with van der Waals surface area (Å²) in [7, 11) is 1.64. The number of thiocarbonyl (C=S) groups is 1. The third kappa shape index (κ3) is 2.56. The van der Waals surface area contributed by atoms with E-state index in [4.69, 9.17) is 31.3 Å². The summed E-state index contributed by atoms with van der Waals surface area (Å²) in [6.07, 6.45) is -0.887. The van der Waals surface area contributed by atoms with E-state index < -0.39 is 6.29 Å². The molecule has 24 heavy (non-hydrogen) atoms. The van der Waals surface area contributed by atoms with E-state index in [9.17, 15) is 0 Å². The second-order valence-electron chi connectivity index (χ2n) is 5.80. The van der Waals surface area contributed by atoms with Crippen LogP contribution in [-0.2, 0) is 14.3 Å². The van der Waals surface area contributed by atoms with Crippen LogP contribution in [0.2, 0.25) is 0 Å². The number of oxime groups is 1. The van der Waals surface area contributed by atoms with Gasteiger partial charge in [0.05, 0.1) is 30.3 Å². The maximum atomic E-state index is 5.82. The monoisotopic (exact) mass is 347 g/mol. The molecule has 2 saturated heterocycles. The first-order valence-corrected chi connectivity index (χ1v) is 8.07. The van der Waals surface area contributed by atoms with Gasteiger partial charge in [-0.2, -0.15) is 5.10 Å². The van der Waals surface area contributed by atoms with Crippen LogP contribution in [0.25, 0.3) is 0 Å². The lowest BCUT2D eigenvalue weighted by atomic mass is 9.84. The predicted octanol–water partition coefficient (Wildman–Crippen LogP) is 1.46. The number of ether oxygens (including phenoxy) is 3. The topological polar surface area (TPSA) is 73.7 Å². The Balaban J connectivity index is 1.69. The maximum absolute atomic E-state index is 5.82. The highest BCUT2D eigenvalue weighted by Crippen LogP contribution is 2.38. The van der Waals surface area contributed by atoms with Crippen molar-refractivity contribution < 1.29 is 19.0 Å². The number of methoxy groups -OCH3 is 1. The smallest absolute Gasteiger partial charge is 0.200 e. The summed E-state index contributed by atoms with van der Waals surface area (Å²) in [5, 5.41) is 8.70.